The molecule has 0 rings (SSSR count). The zero-order valence-corrected chi connectivity index (χ0v) is 4.39. The van der Waals surface area contributed by atoms with Crippen molar-refractivity contribution in [3.05, 3.63) is 6.92 Å². The number of carboxylic acids is 1. The van der Waals surface area contributed by atoms with E-state index in [0.717, 1.165) is 0 Å². The van der Waals surface area contributed by atoms with Gasteiger partial charge in [-0.2, -0.15) is 0 Å². The highest BCUT2D eigenvalue weighted by Crippen LogP contribution is 1.86. The number of Topliss-reactive ketones (excluding diaryl/α,β-unsaturated/α-hetero) is 1. The lowest BCUT2D eigenvalue weighted by Crippen LogP contribution is -2.10. The molecule has 0 fully saturated rings. The van der Waals surface area contributed by atoms with E-state index in [4.69, 9.17) is 5.11 Å². The Morgan fingerprint density at radius 1 is 1.50 bits per heavy atom. The van der Waals surface area contributed by atoms with Crippen LogP contribution in [0.15, 0.2) is 0 Å². The molecule has 0 saturated carbocycles. The molecule has 0 bridgehead atoms. The van der Waals surface area contributed by atoms with Crippen molar-refractivity contribution in [3.8, 4) is 0 Å². The quantitative estimate of drug-likeness (QED) is 0.536. The first-order chi connectivity index (χ1) is 3.68. The third-order valence-corrected chi connectivity index (χ3v) is 0.642. The number of carbonyl (C=O) groups excluding carboxylic acids is 1. The van der Waals surface area contributed by atoms with Gasteiger partial charge in [0.2, 0.25) is 5.78 Å². The SMILES string of the molecule is [CH2]CCC(=O)C(=O)O. The summed E-state index contributed by atoms with van der Waals surface area (Å²) in [5.41, 5.74) is 0. The number of aliphatic carboxylic acids is 1. The molecule has 0 aromatic carbocycles. The smallest absolute Gasteiger partial charge is 0.372 e. The van der Waals surface area contributed by atoms with Crippen LogP contribution < -0.4 is 0 Å². The summed E-state index contributed by atoms with van der Waals surface area (Å²) in [6.45, 7) is 3.32. The molecule has 0 atom stereocenters. The summed E-state index contributed by atoms with van der Waals surface area (Å²) in [6, 6.07) is 0. The van der Waals surface area contributed by atoms with Gasteiger partial charge in [-0.1, -0.05) is 6.92 Å². The zero-order chi connectivity index (χ0) is 6.57. The molecule has 8 heavy (non-hydrogen) atoms. The number of rotatable bonds is 3. The summed E-state index contributed by atoms with van der Waals surface area (Å²) in [4.78, 5) is 19.8. The lowest BCUT2D eigenvalue weighted by atomic mass is 10.2. The van der Waals surface area contributed by atoms with Gasteiger partial charge < -0.3 is 5.11 Å². The van der Waals surface area contributed by atoms with Crippen molar-refractivity contribution in [2.24, 2.45) is 0 Å². The van der Waals surface area contributed by atoms with Crippen LogP contribution in [0.2, 0.25) is 0 Å². The average molecular weight is 115 g/mol. The van der Waals surface area contributed by atoms with Gasteiger partial charge >= 0.3 is 5.97 Å². The molecule has 0 aromatic rings. The van der Waals surface area contributed by atoms with Gasteiger partial charge in [-0.15, -0.1) is 0 Å². The van der Waals surface area contributed by atoms with Crippen molar-refractivity contribution in [1.82, 2.24) is 0 Å². The molecule has 0 unspecified atom stereocenters. The lowest BCUT2D eigenvalue weighted by Gasteiger charge is -1.85. The van der Waals surface area contributed by atoms with Crippen LogP contribution in [0.3, 0.4) is 0 Å². The maximum absolute atomic E-state index is 10.1. The molecule has 45 valence electrons. The van der Waals surface area contributed by atoms with E-state index in [9.17, 15) is 9.59 Å². The fourth-order valence-corrected chi connectivity index (χ4v) is 0.267. The van der Waals surface area contributed by atoms with Gasteiger partial charge in [-0.3, -0.25) is 4.79 Å². The molecule has 0 spiro atoms. The maximum atomic E-state index is 10.1. The van der Waals surface area contributed by atoms with E-state index in [2.05, 4.69) is 6.92 Å². The Morgan fingerprint density at radius 3 is 2.12 bits per heavy atom. The van der Waals surface area contributed by atoms with Crippen LogP contribution in [0.5, 0.6) is 0 Å². The molecular weight excluding hydrogens is 108 g/mol. The molecule has 3 heteroatoms. The first-order valence-corrected chi connectivity index (χ1v) is 2.24. The molecule has 0 aliphatic rings. The van der Waals surface area contributed by atoms with Crippen molar-refractivity contribution in [3.63, 3.8) is 0 Å². The Kier molecular flexibility index (Phi) is 2.84. The third-order valence-electron chi connectivity index (χ3n) is 0.642. The van der Waals surface area contributed by atoms with Crippen molar-refractivity contribution < 1.29 is 14.7 Å². The van der Waals surface area contributed by atoms with Gasteiger partial charge in [0.25, 0.3) is 0 Å². The van der Waals surface area contributed by atoms with E-state index in [1.165, 1.54) is 0 Å². The highest BCUT2D eigenvalue weighted by Gasteiger charge is 2.07. The normalized spacial score (nSPS) is 8.62. The molecule has 0 aliphatic carbocycles. The van der Waals surface area contributed by atoms with Gasteiger partial charge in [0.1, 0.15) is 0 Å². The molecule has 1 radical (unpaired) electrons. The second-order valence-corrected chi connectivity index (χ2v) is 1.33. The zero-order valence-electron chi connectivity index (χ0n) is 4.39. The number of hydrogen-bond donors (Lipinski definition) is 1. The predicted molar refractivity (Wildman–Crippen MR) is 27.2 cm³/mol. The summed E-state index contributed by atoms with van der Waals surface area (Å²) in [6.07, 6.45) is 0.389. The molecular formula is C5H7O3. The predicted octanol–water partition coefficient (Wildman–Crippen LogP) is 0.254. The Morgan fingerprint density at radius 2 is 2.00 bits per heavy atom. The van der Waals surface area contributed by atoms with Crippen LogP contribution >= 0.6 is 0 Å². The van der Waals surface area contributed by atoms with Crippen molar-refractivity contribution in [2.45, 2.75) is 12.8 Å². The summed E-state index contributed by atoms with van der Waals surface area (Å²) in [7, 11) is 0. The Balaban J connectivity index is 3.49. The topological polar surface area (TPSA) is 54.4 Å². The number of carboxylic acid groups (broad SMARTS) is 1. The Hall–Kier alpha value is -0.860. The van der Waals surface area contributed by atoms with Gasteiger partial charge in [-0.05, 0) is 6.42 Å². The second kappa shape index (κ2) is 3.18. The summed E-state index contributed by atoms with van der Waals surface area (Å²) in [5, 5.41) is 7.94. The van der Waals surface area contributed by atoms with Crippen LogP contribution in [0.4, 0.5) is 0 Å². The highest BCUT2D eigenvalue weighted by molar-refractivity contribution is 6.32. The molecule has 0 aromatic heterocycles. The number of ketones is 1. The Labute approximate surface area is 47.3 Å². The molecule has 0 aliphatic heterocycles. The van der Waals surface area contributed by atoms with Crippen LogP contribution in [-0.4, -0.2) is 16.9 Å². The first kappa shape index (κ1) is 7.14. The van der Waals surface area contributed by atoms with Crippen molar-refractivity contribution in [2.75, 3.05) is 0 Å². The van der Waals surface area contributed by atoms with Crippen LogP contribution in [-0.2, 0) is 9.59 Å². The number of hydrogen-bond acceptors (Lipinski definition) is 2. The Bertz CT molecular complexity index is 106. The fourth-order valence-electron chi connectivity index (χ4n) is 0.267. The monoisotopic (exact) mass is 115 g/mol. The van der Waals surface area contributed by atoms with E-state index in [0.29, 0.717) is 6.42 Å². The van der Waals surface area contributed by atoms with Crippen molar-refractivity contribution in [1.29, 1.82) is 0 Å². The lowest BCUT2D eigenvalue weighted by molar-refractivity contribution is -0.149. The minimum Gasteiger partial charge on any atom is -0.476 e. The molecule has 1 N–H and O–H groups in total. The average Bonchev–Trinajstić information content (AvgIpc) is 1.67. The summed E-state index contributed by atoms with van der Waals surface area (Å²) in [5.74, 6) is -2.13. The first-order valence-electron chi connectivity index (χ1n) is 2.24. The van der Waals surface area contributed by atoms with E-state index in [1.807, 2.05) is 0 Å². The second-order valence-electron chi connectivity index (χ2n) is 1.33. The highest BCUT2D eigenvalue weighted by atomic mass is 16.4. The molecule has 0 heterocycles. The van der Waals surface area contributed by atoms with Gasteiger partial charge in [0, 0.05) is 6.42 Å². The van der Waals surface area contributed by atoms with E-state index < -0.39 is 11.8 Å². The molecule has 0 amide bonds. The van der Waals surface area contributed by atoms with Crippen LogP contribution in [0.1, 0.15) is 12.8 Å². The van der Waals surface area contributed by atoms with Crippen LogP contribution in [0, 0.1) is 6.92 Å². The summed E-state index contributed by atoms with van der Waals surface area (Å²) >= 11 is 0. The van der Waals surface area contributed by atoms with Crippen LogP contribution in [0.25, 0.3) is 0 Å². The minimum absolute atomic E-state index is 0.0370. The maximum Gasteiger partial charge on any atom is 0.372 e. The number of carbonyl (C=O) groups is 2. The molecule has 3 nitrogen and oxygen atoms in total. The van der Waals surface area contributed by atoms with E-state index in [-0.39, 0.29) is 6.42 Å². The van der Waals surface area contributed by atoms with E-state index in [1.54, 1.807) is 0 Å². The van der Waals surface area contributed by atoms with Gasteiger partial charge in [-0.25, -0.2) is 4.79 Å². The summed E-state index contributed by atoms with van der Waals surface area (Å²) < 4.78 is 0. The standard InChI is InChI=1S/C5H7O3/c1-2-3-4(6)5(7)8/h1-3H2,(H,7,8). The third kappa shape index (κ3) is 2.34. The fraction of sp³-hybridized carbons (Fsp3) is 0.400. The minimum atomic E-state index is -1.37. The van der Waals surface area contributed by atoms with Gasteiger partial charge in [0.15, 0.2) is 0 Å². The molecule has 0 saturated heterocycles. The van der Waals surface area contributed by atoms with E-state index >= 15 is 0 Å². The largest absolute Gasteiger partial charge is 0.476 e. The van der Waals surface area contributed by atoms with Gasteiger partial charge in [0.05, 0.1) is 0 Å². The van der Waals surface area contributed by atoms with Crippen molar-refractivity contribution >= 4 is 11.8 Å².